The molecule has 2 atom stereocenters. The molecule has 182 valence electrons. The molecule has 2 aliphatic heterocycles. The van der Waals surface area contributed by atoms with E-state index in [-0.39, 0.29) is 6.09 Å². The van der Waals surface area contributed by atoms with Crippen LogP contribution >= 0.6 is 0 Å². The van der Waals surface area contributed by atoms with Crippen LogP contribution in [-0.4, -0.2) is 53.3 Å². The molecule has 1 saturated carbocycles. The van der Waals surface area contributed by atoms with E-state index in [2.05, 4.69) is 32.7 Å². The first kappa shape index (κ1) is 22.7. The molecule has 1 aromatic carbocycles. The molecule has 5 rings (SSSR count). The Bertz CT molecular complexity index is 1080. The largest absolute Gasteiger partial charge is 0.493 e. The van der Waals surface area contributed by atoms with Crippen molar-refractivity contribution >= 4 is 23.5 Å². The van der Waals surface area contributed by atoms with Crippen LogP contribution in [0.15, 0.2) is 18.2 Å². The van der Waals surface area contributed by atoms with Crippen LogP contribution < -0.4 is 15.4 Å². The Balaban J connectivity index is 1.33. The summed E-state index contributed by atoms with van der Waals surface area (Å²) in [5.41, 5.74) is 3.97. The summed E-state index contributed by atoms with van der Waals surface area (Å²) in [6, 6.07) is 6.30. The van der Waals surface area contributed by atoms with Crippen LogP contribution in [0.2, 0.25) is 0 Å². The Kier molecular flexibility index (Phi) is 5.78. The molecule has 34 heavy (non-hydrogen) atoms. The van der Waals surface area contributed by atoms with Gasteiger partial charge in [0.25, 0.3) is 0 Å². The van der Waals surface area contributed by atoms with Gasteiger partial charge in [0.2, 0.25) is 5.95 Å². The second-order valence-corrected chi connectivity index (χ2v) is 10.8. The van der Waals surface area contributed by atoms with Gasteiger partial charge in [-0.2, -0.15) is 4.98 Å². The Morgan fingerprint density at radius 3 is 2.56 bits per heavy atom. The molecule has 3 aliphatic rings. The van der Waals surface area contributed by atoms with Gasteiger partial charge in [0.05, 0.1) is 6.61 Å². The second kappa shape index (κ2) is 8.64. The third kappa shape index (κ3) is 4.63. The third-order valence-electron chi connectivity index (χ3n) is 7.02. The smallest absolute Gasteiger partial charge is 0.410 e. The topological polar surface area (TPSA) is 88.6 Å². The standard InChI is InChI=1S/C26H35N5O3/c1-15-8-22(27-5)30-24(28-15)29-20-11-16-6-7-33-23(16)21(12-20)17-9-18-13-31(14-19(18)10-17)25(32)34-26(2,3)4/h8,11-12,17-19H,6-7,9-10,13-14H2,1-5H3,(H2,27,28,29,30). The van der Waals surface area contributed by atoms with Crippen LogP contribution in [0.25, 0.3) is 0 Å². The fourth-order valence-corrected chi connectivity index (χ4v) is 5.62. The summed E-state index contributed by atoms with van der Waals surface area (Å²) in [6.07, 6.45) is 2.86. The van der Waals surface area contributed by atoms with Gasteiger partial charge in [-0.05, 0) is 81.5 Å². The summed E-state index contributed by atoms with van der Waals surface area (Å²) in [4.78, 5) is 23.5. The third-order valence-corrected chi connectivity index (χ3v) is 7.02. The van der Waals surface area contributed by atoms with Crippen LogP contribution in [0.3, 0.4) is 0 Å². The molecule has 1 amide bonds. The van der Waals surface area contributed by atoms with Gasteiger partial charge in [0.1, 0.15) is 17.2 Å². The van der Waals surface area contributed by atoms with Crippen molar-refractivity contribution in [1.29, 1.82) is 0 Å². The lowest BCUT2D eigenvalue weighted by Gasteiger charge is -2.25. The zero-order chi connectivity index (χ0) is 24.0. The number of carbonyl (C=O) groups is 1. The molecule has 0 bridgehead atoms. The minimum Gasteiger partial charge on any atom is -0.493 e. The maximum Gasteiger partial charge on any atom is 0.410 e. The minimum absolute atomic E-state index is 0.187. The van der Waals surface area contributed by atoms with Gasteiger partial charge in [-0.25, -0.2) is 9.78 Å². The highest BCUT2D eigenvalue weighted by atomic mass is 16.6. The number of fused-ring (bicyclic) bond motifs is 2. The van der Waals surface area contributed by atoms with E-state index >= 15 is 0 Å². The van der Waals surface area contributed by atoms with Crippen molar-refractivity contribution in [2.45, 2.75) is 58.5 Å². The van der Waals surface area contributed by atoms with E-state index in [0.717, 1.165) is 61.9 Å². The lowest BCUT2D eigenvalue weighted by Crippen LogP contribution is -2.36. The van der Waals surface area contributed by atoms with Gasteiger partial charge in [-0.15, -0.1) is 0 Å². The molecule has 3 heterocycles. The van der Waals surface area contributed by atoms with E-state index in [1.54, 1.807) is 0 Å². The average molecular weight is 466 g/mol. The number of anilines is 3. The molecule has 2 fully saturated rings. The maximum atomic E-state index is 12.5. The Morgan fingerprint density at radius 2 is 1.88 bits per heavy atom. The minimum atomic E-state index is -0.461. The van der Waals surface area contributed by atoms with E-state index in [1.807, 2.05) is 45.7 Å². The van der Waals surface area contributed by atoms with E-state index in [4.69, 9.17) is 9.47 Å². The lowest BCUT2D eigenvalue weighted by molar-refractivity contribution is 0.0279. The molecule has 2 unspecified atom stereocenters. The van der Waals surface area contributed by atoms with Crippen molar-refractivity contribution in [2.24, 2.45) is 11.8 Å². The van der Waals surface area contributed by atoms with Crippen molar-refractivity contribution in [3.63, 3.8) is 0 Å². The number of hydrogen-bond donors (Lipinski definition) is 2. The fraction of sp³-hybridized carbons (Fsp3) is 0.577. The molecule has 1 aromatic heterocycles. The summed E-state index contributed by atoms with van der Waals surface area (Å²) in [6.45, 7) is 10.0. The number of likely N-dealkylation sites (tertiary alicyclic amines) is 1. The Labute approximate surface area is 201 Å². The predicted molar refractivity (Wildman–Crippen MR) is 132 cm³/mol. The van der Waals surface area contributed by atoms with E-state index in [1.165, 1.54) is 11.1 Å². The molecule has 8 nitrogen and oxygen atoms in total. The molecule has 2 N–H and O–H groups in total. The van der Waals surface area contributed by atoms with Crippen LogP contribution in [0.4, 0.5) is 22.2 Å². The first-order chi connectivity index (χ1) is 16.2. The number of rotatable bonds is 4. The lowest BCUT2D eigenvalue weighted by atomic mass is 9.92. The van der Waals surface area contributed by atoms with Gasteiger partial charge in [-0.3, -0.25) is 0 Å². The molecule has 0 spiro atoms. The first-order valence-corrected chi connectivity index (χ1v) is 12.3. The number of carbonyl (C=O) groups excluding carboxylic acids is 1. The van der Waals surface area contributed by atoms with Crippen molar-refractivity contribution in [2.75, 3.05) is 37.4 Å². The van der Waals surface area contributed by atoms with Crippen LogP contribution in [0.5, 0.6) is 5.75 Å². The Hall–Kier alpha value is -3.03. The number of aryl methyl sites for hydroxylation is 1. The monoisotopic (exact) mass is 465 g/mol. The zero-order valence-electron chi connectivity index (χ0n) is 20.8. The van der Waals surface area contributed by atoms with Crippen LogP contribution in [0, 0.1) is 18.8 Å². The van der Waals surface area contributed by atoms with E-state index in [0.29, 0.717) is 23.7 Å². The zero-order valence-corrected chi connectivity index (χ0v) is 20.8. The second-order valence-electron chi connectivity index (χ2n) is 10.8. The van der Waals surface area contributed by atoms with E-state index in [9.17, 15) is 4.79 Å². The number of benzene rings is 1. The van der Waals surface area contributed by atoms with Crippen molar-refractivity contribution in [1.82, 2.24) is 14.9 Å². The normalized spacial score (nSPS) is 23.3. The quantitative estimate of drug-likeness (QED) is 0.666. The highest BCUT2D eigenvalue weighted by Crippen LogP contribution is 2.50. The molecule has 1 aliphatic carbocycles. The molecular weight excluding hydrogens is 430 g/mol. The number of nitrogens with one attached hydrogen (secondary N) is 2. The molecule has 0 radical (unpaired) electrons. The number of nitrogens with zero attached hydrogens (tertiary/aromatic N) is 3. The number of ether oxygens (including phenoxy) is 2. The van der Waals surface area contributed by atoms with Gasteiger partial charge in [0.15, 0.2) is 0 Å². The molecular formula is C26H35N5O3. The molecule has 1 saturated heterocycles. The van der Waals surface area contributed by atoms with Gasteiger partial charge in [0, 0.05) is 44.0 Å². The maximum absolute atomic E-state index is 12.5. The molecule has 8 heteroatoms. The summed E-state index contributed by atoms with van der Waals surface area (Å²) < 4.78 is 11.7. The number of aromatic nitrogens is 2. The highest BCUT2D eigenvalue weighted by Gasteiger charge is 2.44. The van der Waals surface area contributed by atoms with Crippen molar-refractivity contribution < 1.29 is 14.3 Å². The number of hydrogen-bond acceptors (Lipinski definition) is 7. The van der Waals surface area contributed by atoms with Crippen molar-refractivity contribution in [3.05, 3.63) is 35.0 Å². The molecule has 2 aromatic rings. The summed E-state index contributed by atoms with van der Waals surface area (Å²) in [7, 11) is 1.86. The summed E-state index contributed by atoms with van der Waals surface area (Å²) in [5.74, 6) is 3.87. The van der Waals surface area contributed by atoms with E-state index < -0.39 is 5.60 Å². The summed E-state index contributed by atoms with van der Waals surface area (Å²) >= 11 is 0. The predicted octanol–water partition coefficient (Wildman–Crippen LogP) is 4.87. The van der Waals surface area contributed by atoms with Gasteiger partial charge >= 0.3 is 6.09 Å². The van der Waals surface area contributed by atoms with Crippen LogP contribution in [0.1, 0.15) is 56.4 Å². The van der Waals surface area contributed by atoms with Gasteiger partial charge < -0.3 is 25.0 Å². The average Bonchev–Trinajstić information content (AvgIpc) is 3.46. The van der Waals surface area contributed by atoms with Gasteiger partial charge in [-0.1, -0.05) is 0 Å². The Morgan fingerprint density at radius 1 is 1.15 bits per heavy atom. The summed E-state index contributed by atoms with van der Waals surface area (Å²) in [5, 5.41) is 6.51. The number of amides is 1. The van der Waals surface area contributed by atoms with Crippen LogP contribution in [-0.2, 0) is 11.2 Å². The SMILES string of the molecule is CNc1cc(C)nc(Nc2cc3c(c(C4CC5CN(C(=O)OC(C)(C)C)CC5C4)c2)OCC3)n1. The highest BCUT2D eigenvalue weighted by molar-refractivity contribution is 5.68. The fourth-order valence-electron chi connectivity index (χ4n) is 5.62. The van der Waals surface area contributed by atoms with Crippen molar-refractivity contribution in [3.8, 4) is 5.75 Å². The first-order valence-electron chi connectivity index (χ1n) is 12.3.